The molecule has 1 aromatic carbocycles. The molecule has 110 valence electrons. The summed E-state index contributed by atoms with van der Waals surface area (Å²) in [6.07, 6.45) is -0.0959. The molecule has 1 atom stereocenters. The molecule has 1 aromatic rings. The highest BCUT2D eigenvalue weighted by Gasteiger charge is 2.23. The van der Waals surface area contributed by atoms with Crippen molar-refractivity contribution in [3.63, 3.8) is 0 Å². The molecule has 0 saturated heterocycles. The minimum absolute atomic E-state index is 0.0959. The molecule has 6 nitrogen and oxygen atoms in total. The molecule has 0 bridgehead atoms. The first-order valence-corrected chi connectivity index (χ1v) is 6.24. The number of esters is 2. The van der Waals surface area contributed by atoms with E-state index in [9.17, 15) is 9.59 Å². The maximum atomic E-state index is 11.8. The predicted molar refractivity (Wildman–Crippen MR) is 73.7 cm³/mol. The Hall–Kier alpha value is -2.24. The van der Waals surface area contributed by atoms with E-state index >= 15 is 0 Å². The van der Waals surface area contributed by atoms with Crippen LogP contribution in [0.1, 0.15) is 13.3 Å². The second-order valence-corrected chi connectivity index (χ2v) is 3.96. The third-order valence-electron chi connectivity index (χ3n) is 2.60. The van der Waals surface area contributed by atoms with Crippen molar-refractivity contribution in [1.29, 1.82) is 0 Å². The van der Waals surface area contributed by atoms with Crippen LogP contribution in [0.3, 0.4) is 0 Å². The van der Waals surface area contributed by atoms with Crippen molar-refractivity contribution in [3.8, 4) is 5.75 Å². The van der Waals surface area contributed by atoms with Crippen molar-refractivity contribution >= 4 is 17.6 Å². The summed E-state index contributed by atoms with van der Waals surface area (Å²) in [6.45, 7) is 1.96. The van der Waals surface area contributed by atoms with E-state index < -0.39 is 18.0 Å². The molecule has 1 N–H and O–H groups in total. The number of anilines is 1. The van der Waals surface area contributed by atoms with Crippen LogP contribution in [0.2, 0.25) is 0 Å². The number of rotatable bonds is 7. The Kier molecular flexibility index (Phi) is 6.36. The summed E-state index contributed by atoms with van der Waals surface area (Å²) < 4.78 is 14.6. The first-order chi connectivity index (χ1) is 9.60. The molecule has 0 aliphatic rings. The maximum Gasteiger partial charge on any atom is 0.329 e. The molecule has 0 amide bonds. The Balaban J connectivity index is 2.76. The normalized spacial score (nSPS) is 11.3. The fourth-order valence-corrected chi connectivity index (χ4v) is 1.57. The zero-order valence-corrected chi connectivity index (χ0v) is 11.8. The summed E-state index contributed by atoms with van der Waals surface area (Å²) >= 11 is 0. The van der Waals surface area contributed by atoms with Crippen molar-refractivity contribution in [1.82, 2.24) is 0 Å². The van der Waals surface area contributed by atoms with Crippen LogP contribution in [0.4, 0.5) is 5.69 Å². The van der Waals surface area contributed by atoms with Gasteiger partial charge in [-0.2, -0.15) is 0 Å². The predicted octanol–water partition coefficient (Wildman–Crippen LogP) is 1.60. The molecule has 0 fully saturated rings. The Labute approximate surface area is 118 Å². The van der Waals surface area contributed by atoms with Crippen LogP contribution in [0.15, 0.2) is 24.3 Å². The molecule has 1 rings (SSSR count). The van der Waals surface area contributed by atoms with E-state index in [-0.39, 0.29) is 13.0 Å². The molecular weight excluding hydrogens is 262 g/mol. The van der Waals surface area contributed by atoms with Crippen molar-refractivity contribution < 1.29 is 23.8 Å². The Bertz CT molecular complexity index is 443. The standard InChI is InChI=1S/C14H19NO5/c1-4-20-14(17)12(9-13(16)19-3)15-10-5-7-11(18-2)8-6-10/h5-8,12,15H,4,9H2,1-3H3. The summed E-state index contributed by atoms with van der Waals surface area (Å²) in [6, 6.07) is 6.23. The average molecular weight is 281 g/mol. The van der Waals surface area contributed by atoms with E-state index in [2.05, 4.69) is 10.1 Å². The minimum atomic E-state index is -0.782. The van der Waals surface area contributed by atoms with Crippen LogP contribution in [0.5, 0.6) is 5.75 Å². The molecule has 0 radical (unpaired) electrons. The summed E-state index contributed by atoms with van der Waals surface area (Å²) in [5, 5.41) is 2.95. The SMILES string of the molecule is CCOC(=O)C(CC(=O)OC)Nc1ccc(OC)cc1. The van der Waals surface area contributed by atoms with Gasteiger partial charge in [-0.1, -0.05) is 0 Å². The molecule has 20 heavy (non-hydrogen) atoms. The van der Waals surface area contributed by atoms with Gasteiger partial charge in [0.2, 0.25) is 0 Å². The van der Waals surface area contributed by atoms with Crippen LogP contribution in [-0.2, 0) is 19.1 Å². The Morgan fingerprint density at radius 3 is 2.35 bits per heavy atom. The number of carbonyl (C=O) groups excluding carboxylic acids is 2. The highest BCUT2D eigenvalue weighted by molar-refractivity contribution is 5.85. The van der Waals surface area contributed by atoms with Gasteiger partial charge in [0.25, 0.3) is 0 Å². The number of nitrogens with one attached hydrogen (secondary N) is 1. The highest BCUT2D eigenvalue weighted by atomic mass is 16.5. The fraction of sp³-hybridized carbons (Fsp3) is 0.429. The maximum absolute atomic E-state index is 11.8. The van der Waals surface area contributed by atoms with Crippen LogP contribution < -0.4 is 10.1 Å². The van der Waals surface area contributed by atoms with Gasteiger partial charge in [-0.15, -0.1) is 0 Å². The number of benzene rings is 1. The molecule has 0 aromatic heterocycles. The van der Waals surface area contributed by atoms with Gasteiger partial charge >= 0.3 is 11.9 Å². The van der Waals surface area contributed by atoms with Gasteiger partial charge in [-0.3, -0.25) is 4.79 Å². The minimum Gasteiger partial charge on any atom is -0.497 e. The van der Waals surface area contributed by atoms with E-state index in [0.717, 1.165) is 0 Å². The van der Waals surface area contributed by atoms with Crippen molar-refractivity contribution in [2.45, 2.75) is 19.4 Å². The Morgan fingerprint density at radius 2 is 1.85 bits per heavy atom. The van der Waals surface area contributed by atoms with Crippen molar-refractivity contribution in [2.24, 2.45) is 0 Å². The third kappa shape index (κ3) is 4.79. The van der Waals surface area contributed by atoms with Gasteiger partial charge in [0, 0.05) is 5.69 Å². The summed E-state index contributed by atoms with van der Waals surface area (Å²) in [4.78, 5) is 23.1. The lowest BCUT2D eigenvalue weighted by atomic mass is 10.2. The lowest BCUT2D eigenvalue weighted by molar-refractivity contribution is -0.149. The Morgan fingerprint density at radius 1 is 1.20 bits per heavy atom. The van der Waals surface area contributed by atoms with Crippen LogP contribution in [-0.4, -0.2) is 38.8 Å². The number of hydrogen-bond donors (Lipinski definition) is 1. The van der Waals surface area contributed by atoms with Gasteiger partial charge in [-0.25, -0.2) is 4.79 Å². The molecule has 0 spiro atoms. The van der Waals surface area contributed by atoms with E-state index in [4.69, 9.17) is 9.47 Å². The second-order valence-electron chi connectivity index (χ2n) is 3.96. The van der Waals surface area contributed by atoms with Gasteiger partial charge in [-0.05, 0) is 31.2 Å². The van der Waals surface area contributed by atoms with Crippen molar-refractivity contribution in [2.75, 3.05) is 26.1 Å². The van der Waals surface area contributed by atoms with Crippen LogP contribution in [0, 0.1) is 0 Å². The first-order valence-electron chi connectivity index (χ1n) is 6.24. The molecule has 0 aliphatic carbocycles. The summed E-state index contributed by atoms with van der Waals surface area (Å²) in [5.74, 6) is -0.269. The smallest absolute Gasteiger partial charge is 0.329 e. The number of hydrogen-bond acceptors (Lipinski definition) is 6. The number of carbonyl (C=O) groups is 2. The fourth-order valence-electron chi connectivity index (χ4n) is 1.57. The number of ether oxygens (including phenoxy) is 3. The van der Waals surface area contributed by atoms with E-state index in [0.29, 0.717) is 11.4 Å². The zero-order chi connectivity index (χ0) is 15.0. The lowest BCUT2D eigenvalue weighted by Gasteiger charge is -2.17. The third-order valence-corrected chi connectivity index (χ3v) is 2.60. The van der Waals surface area contributed by atoms with E-state index in [1.165, 1.54) is 7.11 Å². The molecular formula is C14H19NO5. The van der Waals surface area contributed by atoms with E-state index in [1.807, 2.05) is 0 Å². The zero-order valence-electron chi connectivity index (χ0n) is 11.8. The lowest BCUT2D eigenvalue weighted by Crippen LogP contribution is -2.34. The first kappa shape index (κ1) is 15.8. The molecule has 1 unspecified atom stereocenters. The molecule has 0 saturated carbocycles. The average Bonchev–Trinajstić information content (AvgIpc) is 2.47. The highest BCUT2D eigenvalue weighted by Crippen LogP contribution is 2.17. The van der Waals surface area contributed by atoms with E-state index in [1.54, 1.807) is 38.3 Å². The molecule has 0 heterocycles. The monoisotopic (exact) mass is 281 g/mol. The topological polar surface area (TPSA) is 73.9 Å². The van der Waals surface area contributed by atoms with Gasteiger partial charge in [0.1, 0.15) is 11.8 Å². The van der Waals surface area contributed by atoms with Crippen molar-refractivity contribution in [3.05, 3.63) is 24.3 Å². The quantitative estimate of drug-likeness (QED) is 0.765. The molecule has 6 heteroatoms. The van der Waals surface area contributed by atoms with Crippen LogP contribution in [0.25, 0.3) is 0 Å². The van der Waals surface area contributed by atoms with Crippen LogP contribution >= 0.6 is 0 Å². The van der Waals surface area contributed by atoms with Gasteiger partial charge in [0.05, 0.1) is 27.2 Å². The van der Waals surface area contributed by atoms with Gasteiger partial charge < -0.3 is 19.5 Å². The molecule has 0 aliphatic heterocycles. The largest absolute Gasteiger partial charge is 0.497 e. The summed E-state index contributed by atoms with van der Waals surface area (Å²) in [5.41, 5.74) is 0.688. The van der Waals surface area contributed by atoms with Gasteiger partial charge in [0.15, 0.2) is 0 Å². The number of methoxy groups -OCH3 is 2. The summed E-state index contributed by atoms with van der Waals surface area (Å²) in [7, 11) is 2.85. The second kappa shape index (κ2) is 8.04.